The van der Waals surface area contributed by atoms with E-state index in [1.165, 1.54) is 12.8 Å². The number of carbonyl (C=O) groups is 1. The summed E-state index contributed by atoms with van der Waals surface area (Å²) in [5, 5.41) is 3.24. The van der Waals surface area contributed by atoms with Crippen LogP contribution < -0.4 is 24.6 Å². The van der Waals surface area contributed by atoms with Gasteiger partial charge in [-0.3, -0.25) is 14.7 Å². The van der Waals surface area contributed by atoms with Crippen molar-refractivity contribution in [2.45, 2.75) is 25.5 Å². The second-order valence-corrected chi connectivity index (χ2v) is 10.1. The van der Waals surface area contributed by atoms with Crippen LogP contribution in [0.1, 0.15) is 18.4 Å². The van der Waals surface area contributed by atoms with Crippen molar-refractivity contribution in [1.82, 2.24) is 14.9 Å². The molecule has 10 heteroatoms. The van der Waals surface area contributed by atoms with E-state index in [1.54, 1.807) is 23.0 Å². The highest BCUT2D eigenvalue weighted by molar-refractivity contribution is 9.10. The minimum absolute atomic E-state index is 0.0440. The molecule has 0 radical (unpaired) electrons. The van der Waals surface area contributed by atoms with Gasteiger partial charge in [0.25, 0.3) is 0 Å². The predicted molar refractivity (Wildman–Crippen MR) is 141 cm³/mol. The van der Waals surface area contributed by atoms with Crippen LogP contribution in [0, 0.1) is 0 Å². The minimum atomic E-state index is -0.151. The van der Waals surface area contributed by atoms with Crippen molar-refractivity contribution in [2.24, 2.45) is 0 Å². The zero-order valence-electron chi connectivity index (χ0n) is 20.0. The molecule has 0 saturated carbocycles. The molecule has 3 aliphatic heterocycles. The number of rotatable bonds is 5. The van der Waals surface area contributed by atoms with E-state index in [1.807, 2.05) is 42.5 Å². The second-order valence-electron chi connectivity index (χ2n) is 9.27. The Morgan fingerprint density at radius 2 is 1.97 bits per heavy atom. The van der Waals surface area contributed by atoms with Crippen LogP contribution in [0.2, 0.25) is 0 Å². The van der Waals surface area contributed by atoms with E-state index in [0.717, 1.165) is 46.8 Å². The highest BCUT2D eigenvalue weighted by atomic mass is 79.9. The topological polar surface area (TPSA) is 83.1 Å². The molecule has 36 heavy (non-hydrogen) atoms. The van der Waals surface area contributed by atoms with E-state index in [-0.39, 0.29) is 12.1 Å². The number of nitrogens with zero attached hydrogens (tertiary/aromatic N) is 5. The fourth-order valence-corrected chi connectivity index (χ4v) is 5.39. The average Bonchev–Trinajstić information content (AvgIpc) is 3.40. The first-order valence-corrected chi connectivity index (χ1v) is 12.9. The van der Waals surface area contributed by atoms with E-state index in [0.29, 0.717) is 30.7 Å². The molecule has 1 atom stereocenters. The van der Waals surface area contributed by atoms with E-state index in [2.05, 4.69) is 36.1 Å². The SMILES string of the molecule is CN1C(=O)N(c2ccccc2Br)Cc2cnc(Nc3ccc4c(c3)OCC(CN3CCCC3)O4)nc21. The molecule has 4 heterocycles. The molecule has 2 amide bonds. The Labute approximate surface area is 218 Å². The first-order valence-electron chi connectivity index (χ1n) is 12.1. The molecule has 1 fully saturated rings. The molecule has 2 aromatic carbocycles. The van der Waals surface area contributed by atoms with Gasteiger partial charge in [-0.15, -0.1) is 0 Å². The van der Waals surface area contributed by atoms with Crippen LogP contribution in [0.15, 0.2) is 53.1 Å². The maximum absolute atomic E-state index is 13.1. The highest BCUT2D eigenvalue weighted by Gasteiger charge is 2.31. The number of anilines is 4. The lowest BCUT2D eigenvalue weighted by Crippen LogP contribution is -2.46. The Bertz CT molecular complexity index is 1300. The Morgan fingerprint density at radius 3 is 2.81 bits per heavy atom. The molecule has 1 N–H and O–H groups in total. The summed E-state index contributed by atoms with van der Waals surface area (Å²) in [4.78, 5) is 28.0. The van der Waals surface area contributed by atoms with Crippen LogP contribution in [0.3, 0.4) is 0 Å². The molecule has 0 aliphatic carbocycles. The summed E-state index contributed by atoms with van der Waals surface area (Å²) in [6.07, 6.45) is 4.33. The molecule has 186 valence electrons. The number of fused-ring (bicyclic) bond motifs is 2. The van der Waals surface area contributed by atoms with Crippen molar-refractivity contribution in [3.05, 3.63) is 58.7 Å². The lowest BCUT2D eigenvalue weighted by Gasteiger charge is -2.34. The Morgan fingerprint density at radius 1 is 1.14 bits per heavy atom. The Balaban J connectivity index is 1.16. The molecular formula is C26H27BrN6O3. The maximum atomic E-state index is 13.1. The van der Waals surface area contributed by atoms with Gasteiger partial charge in [0.1, 0.15) is 18.5 Å². The number of likely N-dealkylation sites (tertiary alicyclic amines) is 1. The summed E-state index contributed by atoms with van der Waals surface area (Å²) in [5.41, 5.74) is 2.46. The van der Waals surface area contributed by atoms with Crippen LogP contribution in [-0.2, 0) is 6.54 Å². The fourth-order valence-electron chi connectivity index (χ4n) is 4.89. The number of amides is 2. The number of benzene rings is 2. The number of urea groups is 1. The van der Waals surface area contributed by atoms with Gasteiger partial charge in [-0.05, 0) is 66.1 Å². The van der Waals surface area contributed by atoms with Gasteiger partial charge in [0.05, 0.1) is 12.2 Å². The first-order chi connectivity index (χ1) is 17.5. The van der Waals surface area contributed by atoms with Crippen molar-refractivity contribution in [2.75, 3.05) is 48.4 Å². The quantitative estimate of drug-likeness (QED) is 0.488. The molecule has 9 nitrogen and oxygen atoms in total. The van der Waals surface area contributed by atoms with E-state index < -0.39 is 0 Å². The van der Waals surface area contributed by atoms with Gasteiger partial charge in [-0.2, -0.15) is 4.98 Å². The van der Waals surface area contributed by atoms with Crippen molar-refractivity contribution >= 4 is 45.1 Å². The molecule has 1 unspecified atom stereocenters. The van der Waals surface area contributed by atoms with Gasteiger partial charge >= 0.3 is 6.03 Å². The summed E-state index contributed by atoms with van der Waals surface area (Å²) >= 11 is 3.54. The van der Waals surface area contributed by atoms with Gasteiger partial charge in [-0.25, -0.2) is 9.78 Å². The summed E-state index contributed by atoms with van der Waals surface area (Å²) in [5.74, 6) is 2.45. The number of ether oxygens (including phenoxy) is 2. The van der Waals surface area contributed by atoms with Crippen LogP contribution in [0.4, 0.5) is 27.9 Å². The zero-order chi connectivity index (χ0) is 24.6. The highest BCUT2D eigenvalue weighted by Crippen LogP contribution is 2.36. The van der Waals surface area contributed by atoms with Crippen molar-refractivity contribution in [3.63, 3.8) is 0 Å². The van der Waals surface area contributed by atoms with Crippen LogP contribution in [0.5, 0.6) is 11.5 Å². The second kappa shape index (κ2) is 9.59. The third-order valence-electron chi connectivity index (χ3n) is 6.73. The summed E-state index contributed by atoms with van der Waals surface area (Å²) in [7, 11) is 1.73. The standard InChI is InChI=1S/C26H27BrN6O3/c1-31-24-17(14-33(26(31)34)21-7-3-2-6-20(21)27)13-28-25(30-24)29-18-8-9-22-23(12-18)35-16-19(36-22)15-32-10-4-5-11-32/h2-3,6-9,12-13,19H,4-5,10-11,14-16H2,1H3,(H,28,29,30). The van der Waals surface area contributed by atoms with Crippen molar-refractivity contribution < 1.29 is 14.3 Å². The van der Waals surface area contributed by atoms with Crippen molar-refractivity contribution in [1.29, 1.82) is 0 Å². The monoisotopic (exact) mass is 550 g/mol. The third kappa shape index (κ3) is 4.46. The summed E-state index contributed by atoms with van der Waals surface area (Å²) in [6, 6.07) is 13.2. The number of halogens is 1. The summed E-state index contributed by atoms with van der Waals surface area (Å²) in [6.45, 7) is 4.10. The molecule has 3 aromatic rings. The molecular weight excluding hydrogens is 524 g/mol. The van der Waals surface area contributed by atoms with E-state index in [4.69, 9.17) is 9.47 Å². The van der Waals surface area contributed by atoms with Crippen molar-refractivity contribution in [3.8, 4) is 11.5 Å². The maximum Gasteiger partial charge on any atom is 0.330 e. The smallest absolute Gasteiger partial charge is 0.330 e. The molecule has 3 aliphatic rings. The van der Waals surface area contributed by atoms with Gasteiger partial charge < -0.3 is 14.8 Å². The lowest BCUT2D eigenvalue weighted by atomic mass is 10.2. The average molecular weight is 551 g/mol. The van der Waals surface area contributed by atoms with Crippen LogP contribution in [0.25, 0.3) is 0 Å². The number of hydrogen-bond donors (Lipinski definition) is 1. The Kier molecular flexibility index (Phi) is 6.14. The third-order valence-corrected chi connectivity index (χ3v) is 7.40. The first kappa shape index (κ1) is 23.1. The van der Waals surface area contributed by atoms with Gasteiger partial charge in [0.2, 0.25) is 5.95 Å². The number of nitrogens with one attached hydrogen (secondary N) is 1. The molecule has 6 rings (SSSR count). The number of aromatic nitrogens is 2. The van der Waals surface area contributed by atoms with E-state index in [9.17, 15) is 4.79 Å². The minimum Gasteiger partial charge on any atom is -0.486 e. The van der Waals surface area contributed by atoms with Gasteiger partial charge in [0, 0.05) is 41.6 Å². The number of hydrogen-bond acceptors (Lipinski definition) is 7. The number of para-hydroxylation sites is 1. The van der Waals surface area contributed by atoms with Gasteiger partial charge in [0.15, 0.2) is 11.5 Å². The lowest BCUT2D eigenvalue weighted by molar-refractivity contribution is 0.0651. The molecule has 1 aromatic heterocycles. The molecule has 0 bridgehead atoms. The molecule has 0 spiro atoms. The summed E-state index contributed by atoms with van der Waals surface area (Å²) < 4.78 is 13.0. The molecule has 1 saturated heterocycles. The van der Waals surface area contributed by atoms with Gasteiger partial charge in [-0.1, -0.05) is 12.1 Å². The fraction of sp³-hybridized carbons (Fsp3) is 0.346. The normalized spacial score (nSPS) is 19.4. The van der Waals surface area contributed by atoms with Crippen LogP contribution in [-0.4, -0.2) is 60.3 Å². The number of carbonyl (C=O) groups excluding carboxylic acids is 1. The van der Waals surface area contributed by atoms with Crippen LogP contribution >= 0.6 is 15.9 Å². The largest absolute Gasteiger partial charge is 0.486 e. The zero-order valence-corrected chi connectivity index (χ0v) is 21.6. The van der Waals surface area contributed by atoms with E-state index >= 15 is 0 Å². The predicted octanol–water partition coefficient (Wildman–Crippen LogP) is 4.79. The Hall–Kier alpha value is -3.37.